The lowest BCUT2D eigenvalue weighted by atomic mass is 10.2. The predicted molar refractivity (Wildman–Crippen MR) is 74.2 cm³/mol. The Morgan fingerprint density at radius 1 is 1.00 bits per heavy atom. The minimum atomic E-state index is -3.99. The Balaban J connectivity index is 2.12. The number of nitrogens with one attached hydrogen (secondary N) is 1. The molecule has 8 heteroatoms. The van der Waals surface area contributed by atoms with E-state index in [4.69, 9.17) is 0 Å². The molecule has 0 aromatic heterocycles. The maximum atomic E-state index is 12.0. The molecule has 0 atom stereocenters. The minimum Gasteiger partial charge on any atom is -0.435 e. The number of hydrogen-bond acceptors (Lipinski definition) is 4. The van der Waals surface area contributed by atoms with Crippen LogP contribution in [0.25, 0.3) is 0 Å². The van der Waals surface area contributed by atoms with Gasteiger partial charge < -0.3 is 4.74 Å². The summed E-state index contributed by atoms with van der Waals surface area (Å²) >= 11 is 0. The van der Waals surface area contributed by atoms with Gasteiger partial charge in [-0.2, -0.15) is 8.78 Å². The topological polar surface area (TPSA) is 72.5 Å². The quantitative estimate of drug-likeness (QED) is 0.915. The fourth-order valence-corrected chi connectivity index (χ4v) is 2.62. The molecule has 0 heterocycles. The van der Waals surface area contributed by atoms with Crippen molar-refractivity contribution in [2.75, 3.05) is 0 Å². The summed E-state index contributed by atoms with van der Waals surface area (Å²) in [7, 11) is -3.99. The highest BCUT2D eigenvalue weighted by atomic mass is 32.2. The van der Waals surface area contributed by atoms with Crippen molar-refractivity contribution in [2.45, 2.75) is 11.5 Å². The number of sulfonamides is 1. The van der Waals surface area contributed by atoms with Gasteiger partial charge in [0.25, 0.3) is 15.9 Å². The molecule has 22 heavy (non-hydrogen) atoms. The number of alkyl halides is 2. The van der Waals surface area contributed by atoms with Gasteiger partial charge in [-0.1, -0.05) is 18.2 Å². The second-order valence-corrected chi connectivity index (χ2v) is 5.83. The molecule has 2 aromatic rings. The number of rotatable bonds is 5. The van der Waals surface area contributed by atoms with Gasteiger partial charge in [-0.3, -0.25) is 4.79 Å². The van der Waals surface area contributed by atoms with Crippen molar-refractivity contribution in [3.63, 3.8) is 0 Å². The number of carbonyl (C=O) groups is 1. The summed E-state index contributed by atoms with van der Waals surface area (Å²) in [5, 5.41) is 0. The van der Waals surface area contributed by atoms with E-state index in [-0.39, 0.29) is 16.2 Å². The van der Waals surface area contributed by atoms with E-state index in [1.807, 2.05) is 4.72 Å². The molecule has 0 radical (unpaired) electrons. The monoisotopic (exact) mass is 327 g/mol. The molecule has 0 fully saturated rings. The second kappa shape index (κ2) is 6.52. The molecule has 2 rings (SSSR count). The molecule has 5 nitrogen and oxygen atoms in total. The molecule has 0 aliphatic heterocycles. The molecule has 0 aliphatic carbocycles. The average Bonchev–Trinajstić information content (AvgIpc) is 2.48. The Morgan fingerprint density at radius 3 is 2.14 bits per heavy atom. The molecule has 0 saturated carbocycles. The zero-order valence-corrected chi connectivity index (χ0v) is 11.9. The van der Waals surface area contributed by atoms with E-state index >= 15 is 0 Å². The van der Waals surface area contributed by atoms with Gasteiger partial charge in [-0.25, -0.2) is 13.1 Å². The van der Waals surface area contributed by atoms with Crippen LogP contribution >= 0.6 is 0 Å². The lowest BCUT2D eigenvalue weighted by Gasteiger charge is -2.08. The van der Waals surface area contributed by atoms with Gasteiger partial charge in [0.1, 0.15) is 5.75 Å². The zero-order chi connectivity index (χ0) is 16.2. The smallest absolute Gasteiger partial charge is 0.387 e. The van der Waals surface area contributed by atoms with E-state index in [0.717, 1.165) is 12.1 Å². The van der Waals surface area contributed by atoms with Crippen molar-refractivity contribution >= 4 is 15.9 Å². The SMILES string of the molecule is O=C(NS(=O)(=O)c1ccccc1)c1ccc(OC(F)F)cc1. The maximum absolute atomic E-state index is 12.0. The molecule has 0 unspecified atom stereocenters. The average molecular weight is 327 g/mol. The predicted octanol–water partition coefficient (Wildman–Crippen LogP) is 2.41. The second-order valence-electron chi connectivity index (χ2n) is 4.15. The standard InChI is InChI=1S/C14H11F2NO4S/c15-14(16)21-11-8-6-10(7-9-11)13(18)17-22(19,20)12-4-2-1-3-5-12/h1-9,14H,(H,17,18). The molecular weight excluding hydrogens is 316 g/mol. The van der Waals surface area contributed by atoms with Crippen LogP contribution in [-0.2, 0) is 10.0 Å². The van der Waals surface area contributed by atoms with E-state index < -0.39 is 22.5 Å². The molecule has 1 amide bonds. The molecule has 2 aromatic carbocycles. The number of benzene rings is 2. The van der Waals surface area contributed by atoms with Crippen molar-refractivity contribution in [3.8, 4) is 5.75 Å². The Hall–Kier alpha value is -2.48. The fourth-order valence-electron chi connectivity index (χ4n) is 1.63. The molecule has 0 bridgehead atoms. The molecule has 116 valence electrons. The Labute approximate surface area is 125 Å². The molecule has 0 spiro atoms. The summed E-state index contributed by atoms with van der Waals surface area (Å²) < 4.78 is 54.0. The van der Waals surface area contributed by atoms with Crippen LogP contribution < -0.4 is 9.46 Å². The molecule has 0 aliphatic rings. The number of amides is 1. The number of hydrogen-bond donors (Lipinski definition) is 1. The first-order valence-corrected chi connectivity index (χ1v) is 7.54. The van der Waals surface area contributed by atoms with Gasteiger partial charge in [0.2, 0.25) is 0 Å². The first kappa shape index (κ1) is 15.9. The van der Waals surface area contributed by atoms with E-state index in [1.165, 1.54) is 36.4 Å². The van der Waals surface area contributed by atoms with Crippen LogP contribution in [0.5, 0.6) is 5.75 Å². The summed E-state index contributed by atoms with van der Waals surface area (Å²) in [6, 6.07) is 12.0. The van der Waals surface area contributed by atoms with Crippen molar-refractivity contribution in [1.82, 2.24) is 4.72 Å². The zero-order valence-electron chi connectivity index (χ0n) is 11.1. The summed E-state index contributed by atoms with van der Waals surface area (Å²) in [5.74, 6) is -0.995. The maximum Gasteiger partial charge on any atom is 0.387 e. The van der Waals surface area contributed by atoms with Gasteiger partial charge in [0, 0.05) is 5.56 Å². The molecular formula is C14H11F2NO4S. The van der Waals surface area contributed by atoms with E-state index in [9.17, 15) is 22.0 Å². The lowest BCUT2D eigenvalue weighted by Crippen LogP contribution is -2.30. The van der Waals surface area contributed by atoms with Gasteiger partial charge in [-0.05, 0) is 36.4 Å². The van der Waals surface area contributed by atoms with Gasteiger partial charge in [0.05, 0.1) is 4.90 Å². The van der Waals surface area contributed by atoms with E-state index in [2.05, 4.69) is 4.74 Å². The van der Waals surface area contributed by atoms with Crippen LogP contribution in [-0.4, -0.2) is 20.9 Å². The summed E-state index contributed by atoms with van der Waals surface area (Å²) in [6.07, 6.45) is 0. The normalized spacial score (nSPS) is 11.2. The highest BCUT2D eigenvalue weighted by Gasteiger charge is 2.18. The van der Waals surface area contributed by atoms with Crippen LogP contribution in [0.4, 0.5) is 8.78 Å². The molecule has 1 N–H and O–H groups in total. The van der Waals surface area contributed by atoms with Crippen molar-refractivity contribution < 1.29 is 26.7 Å². The van der Waals surface area contributed by atoms with Gasteiger partial charge >= 0.3 is 6.61 Å². The van der Waals surface area contributed by atoms with Crippen LogP contribution in [0.3, 0.4) is 0 Å². The largest absolute Gasteiger partial charge is 0.435 e. The van der Waals surface area contributed by atoms with Crippen molar-refractivity contribution in [3.05, 3.63) is 60.2 Å². The van der Waals surface area contributed by atoms with Crippen molar-refractivity contribution in [2.24, 2.45) is 0 Å². The highest BCUT2D eigenvalue weighted by Crippen LogP contribution is 2.15. The van der Waals surface area contributed by atoms with E-state index in [0.29, 0.717) is 0 Å². The third-order valence-electron chi connectivity index (χ3n) is 2.62. The number of ether oxygens (including phenoxy) is 1. The summed E-state index contributed by atoms with van der Waals surface area (Å²) in [4.78, 5) is 11.8. The van der Waals surface area contributed by atoms with Crippen LogP contribution in [0.2, 0.25) is 0 Å². The van der Waals surface area contributed by atoms with Gasteiger partial charge in [-0.15, -0.1) is 0 Å². The first-order valence-electron chi connectivity index (χ1n) is 6.05. The Kier molecular flexibility index (Phi) is 4.71. The summed E-state index contributed by atoms with van der Waals surface area (Å²) in [6.45, 7) is -2.97. The highest BCUT2D eigenvalue weighted by molar-refractivity contribution is 7.90. The number of carbonyl (C=O) groups excluding carboxylic acids is 1. The van der Waals surface area contributed by atoms with Crippen LogP contribution in [0.15, 0.2) is 59.5 Å². The lowest BCUT2D eigenvalue weighted by molar-refractivity contribution is -0.0498. The van der Waals surface area contributed by atoms with Gasteiger partial charge in [0.15, 0.2) is 0 Å². The van der Waals surface area contributed by atoms with Crippen LogP contribution in [0.1, 0.15) is 10.4 Å². The fraction of sp³-hybridized carbons (Fsp3) is 0.0714. The first-order chi connectivity index (χ1) is 10.4. The Bertz CT molecular complexity index is 746. The van der Waals surface area contributed by atoms with Crippen LogP contribution in [0, 0.1) is 0 Å². The number of halogens is 2. The minimum absolute atomic E-state index is 0.00104. The van der Waals surface area contributed by atoms with Crippen molar-refractivity contribution in [1.29, 1.82) is 0 Å². The molecule has 0 saturated heterocycles. The van der Waals surface area contributed by atoms with E-state index in [1.54, 1.807) is 6.07 Å². The Morgan fingerprint density at radius 2 is 1.59 bits per heavy atom. The third-order valence-corrected chi connectivity index (χ3v) is 3.97. The third kappa shape index (κ3) is 4.01. The summed E-state index contributed by atoms with van der Waals surface area (Å²) in [5.41, 5.74) is 0.00104.